The third-order valence-corrected chi connectivity index (χ3v) is 5.86. The van der Waals surface area contributed by atoms with E-state index < -0.39 is 9.76 Å². The molecule has 1 aromatic carbocycles. The third kappa shape index (κ3) is 5.75. The second kappa shape index (κ2) is 7.15. The molecule has 0 unspecified atom stereocenters. The number of nitrogens with zero attached hydrogens (tertiary/aromatic N) is 1. The maximum atomic E-state index is 12.1. The van der Waals surface area contributed by atoms with E-state index in [2.05, 4.69) is 57.0 Å². The van der Waals surface area contributed by atoms with Gasteiger partial charge in [0.2, 0.25) is 5.91 Å². The van der Waals surface area contributed by atoms with E-state index in [-0.39, 0.29) is 22.6 Å². The molecule has 5 heteroatoms. The van der Waals surface area contributed by atoms with E-state index in [0.29, 0.717) is 6.54 Å². The Kier molecular flexibility index (Phi) is 5.65. The molecule has 1 aromatic rings. The Morgan fingerprint density at radius 2 is 1.87 bits per heavy atom. The Labute approximate surface area is 142 Å². The maximum absolute atomic E-state index is 12.1. The van der Waals surface area contributed by atoms with Gasteiger partial charge < -0.3 is 9.74 Å². The SMILES string of the molecule is CC(C)(C)[SiH2]OC(C)(C)[C@H]1CN(Cc2ccccc2)CC(=O)N1. The summed E-state index contributed by atoms with van der Waals surface area (Å²) in [4.78, 5) is 14.3. The number of rotatable bonds is 5. The van der Waals surface area contributed by atoms with Crippen LogP contribution in [0.5, 0.6) is 0 Å². The normalized spacial score (nSPS) is 20.9. The number of amides is 1. The van der Waals surface area contributed by atoms with Crippen LogP contribution in [0.3, 0.4) is 0 Å². The van der Waals surface area contributed by atoms with Gasteiger partial charge in [0.05, 0.1) is 18.2 Å². The van der Waals surface area contributed by atoms with Gasteiger partial charge in [-0.15, -0.1) is 0 Å². The van der Waals surface area contributed by atoms with E-state index in [4.69, 9.17) is 4.43 Å². The van der Waals surface area contributed by atoms with Gasteiger partial charge in [-0.25, -0.2) is 0 Å². The lowest BCUT2D eigenvalue weighted by Crippen LogP contribution is -2.62. The Balaban J connectivity index is 2.00. The fraction of sp³-hybridized carbons (Fsp3) is 0.611. The quantitative estimate of drug-likeness (QED) is 0.838. The predicted octanol–water partition coefficient (Wildman–Crippen LogP) is 2.08. The van der Waals surface area contributed by atoms with Gasteiger partial charge in [-0.05, 0) is 24.4 Å². The fourth-order valence-corrected chi connectivity index (χ4v) is 3.68. The number of carbonyl (C=O) groups excluding carboxylic acids is 1. The summed E-state index contributed by atoms with van der Waals surface area (Å²) in [5, 5.41) is 3.37. The summed E-state index contributed by atoms with van der Waals surface area (Å²) in [5.74, 6) is 0.0891. The van der Waals surface area contributed by atoms with E-state index in [1.807, 2.05) is 18.2 Å². The van der Waals surface area contributed by atoms with Crippen LogP contribution in [0.4, 0.5) is 0 Å². The van der Waals surface area contributed by atoms with E-state index in [0.717, 1.165) is 13.1 Å². The Morgan fingerprint density at radius 1 is 1.22 bits per heavy atom. The highest BCUT2D eigenvalue weighted by molar-refractivity contribution is 6.31. The maximum Gasteiger partial charge on any atom is 0.234 e. The highest BCUT2D eigenvalue weighted by atomic mass is 28.2. The molecule has 0 radical (unpaired) electrons. The number of benzene rings is 1. The largest absolute Gasteiger partial charge is 0.416 e. The van der Waals surface area contributed by atoms with Crippen molar-refractivity contribution >= 4 is 15.7 Å². The molecule has 1 heterocycles. The second-order valence-corrected chi connectivity index (χ2v) is 10.9. The van der Waals surface area contributed by atoms with Gasteiger partial charge in [0.25, 0.3) is 0 Å². The highest BCUT2D eigenvalue weighted by Crippen LogP contribution is 2.26. The summed E-state index contributed by atoms with van der Waals surface area (Å²) in [6.07, 6.45) is 0. The zero-order valence-corrected chi connectivity index (χ0v) is 16.5. The number of nitrogens with one attached hydrogen (secondary N) is 1. The molecule has 1 N–H and O–H groups in total. The van der Waals surface area contributed by atoms with E-state index >= 15 is 0 Å². The first-order valence-corrected chi connectivity index (χ1v) is 9.64. The van der Waals surface area contributed by atoms with Crippen molar-refractivity contribution in [2.75, 3.05) is 13.1 Å². The van der Waals surface area contributed by atoms with Crippen molar-refractivity contribution in [2.24, 2.45) is 0 Å². The van der Waals surface area contributed by atoms with E-state index in [9.17, 15) is 4.79 Å². The van der Waals surface area contributed by atoms with Crippen LogP contribution in [0.25, 0.3) is 0 Å². The molecule has 1 aliphatic heterocycles. The Hall–Kier alpha value is -1.17. The lowest BCUT2D eigenvalue weighted by atomic mass is 9.96. The average Bonchev–Trinajstić information content (AvgIpc) is 2.45. The van der Waals surface area contributed by atoms with E-state index in [1.54, 1.807) is 0 Å². The van der Waals surface area contributed by atoms with E-state index in [1.165, 1.54) is 5.56 Å². The third-order valence-electron chi connectivity index (χ3n) is 4.11. The molecule has 0 bridgehead atoms. The predicted molar refractivity (Wildman–Crippen MR) is 97.1 cm³/mol. The molecule has 0 saturated carbocycles. The van der Waals surface area contributed by atoms with Crippen molar-refractivity contribution in [3.63, 3.8) is 0 Å². The van der Waals surface area contributed by atoms with Gasteiger partial charge in [0.1, 0.15) is 0 Å². The second-order valence-electron chi connectivity index (χ2n) is 8.23. The summed E-state index contributed by atoms with van der Waals surface area (Å²) in [6.45, 7) is 12.9. The standard InChI is InChI=1S/C18H30N2O2Si/c1-17(2,3)23-22-18(4,5)15-12-20(13-16(21)19-15)11-14-9-7-6-8-10-14/h6-10,15H,11-13,23H2,1-5H3,(H,19,21)/t15-/m1/s1. The minimum absolute atomic E-state index is 0.0299. The van der Waals surface area contributed by atoms with Gasteiger partial charge >= 0.3 is 0 Å². The van der Waals surface area contributed by atoms with Crippen LogP contribution in [0.15, 0.2) is 30.3 Å². The van der Waals surface area contributed by atoms with Crippen molar-refractivity contribution in [1.82, 2.24) is 10.2 Å². The monoisotopic (exact) mass is 334 g/mol. The first-order chi connectivity index (χ1) is 10.7. The molecule has 1 atom stereocenters. The van der Waals surface area contributed by atoms with Crippen molar-refractivity contribution < 1.29 is 9.22 Å². The molecule has 1 saturated heterocycles. The van der Waals surface area contributed by atoms with Gasteiger partial charge in [-0.1, -0.05) is 51.1 Å². The lowest BCUT2D eigenvalue weighted by molar-refractivity contribution is -0.128. The van der Waals surface area contributed by atoms with Crippen LogP contribution in [0, 0.1) is 0 Å². The number of hydrogen-bond donors (Lipinski definition) is 1. The molecule has 23 heavy (non-hydrogen) atoms. The molecule has 0 spiro atoms. The average molecular weight is 335 g/mol. The van der Waals surface area contributed by atoms with Gasteiger partial charge in [0, 0.05) is 13.1 Å². The lowest BCUT2D eigenvalue weighted by Gasteiger charge is -2.42. The molecular weight excluding hydrogens is 304 g/mol. The van der Waals surface area contributed by atoms with Gasteiger partial charge in [-0.3, -0.25) is 9.69 Å². The van der Waals surface area contributed by atoms with Crippen LogP contribution in [0.1, 0.15) is 40.2 Å². The summed E-state index contributed by atoms with van der Waals surface area (Å²) in [5.41, 5.74) is 0.911. The topological polar surface area (TPSA) is 41.6 Å². The van der Waals surface area contributed by atoms with Crippen molar-refractivity contribution in [3.05, 3.63) is 35.9 Å². The van der Waals surface area contributed by atoms with Crippen LogP contribution < -0.4 is 5.32 Å². The zero-order valence-electron chi connectivity index (χ0n) is 15.1. The summed E-state index contributed by atoms with van der Waals surface area (Å²) in [6, 6.07) is 10.3. The van der Waals surface area contributed by atoms with Crippen molar-refractivity contribution in [2.45, 2.75) is 57.8 Å². The molecule has 0 aromatic heterocycles. The Bertz CT molecular complexity index is 526. The number of carbonyl (C=O) groups is 1. The van der Waals surface area contributed by atoms with Gasteiger partial charge in [-0.2, -0.15) is 0 Å². The molecule has 0 aliphatic carbocycles. The van der Waals surface area contributed by atoms with Crippen molar-refractivity contribution in [3.8, 4) is 0 Å². The van der Waals surface area contributed by atoms with Crippen LogP contribution >= 0.6 is 0 Å². The molecule has 1 aliphatic rings. The minimum Gasteiger partial charge on any atom is -0.416 e. The number of piperazine rings is 1. The minimum atomic E-state index is -0.660. The first-order valence-electron chi connectivity index (χ1n) is 8.35. The fourth-order valence-electron chi connectivity index (χ4n) is 2.67. The molecule has 4 nitrogen and oxygen atoms in total. The van der Waals surface area contributed by atoms with Crippen LogP contribution in [0.2, 0.25) is 5.04 Å². The molecule has 128 valence electrons. The Morgan fingerprint density at radius 3 is 2.48 bits per heavy atom. The zero-order chi connectivity index (χ0) is 17.1. The van der Waals surface area contributed by atoms with Crippen LogP contribution in [-0.4, -0.2) is 45.3 Å². The van der Waals surface area contributed by atoms with Crippen LogP contribution in [-0.2, 0) is 15.8 Å². The molecule has 1 amide bonds. The number of hydrogen-bond acceptors (Lipinski definition) is 3. The smallest absolute Gasteiger partial charge is 0.234 e. The first kappa shape index (κ1) is 18.2. The summed E-state index contributed by atoms with van der Waals surface area (Å²) >= 11 is 0. The summed E-state index contributed by atoms with van der Waals surface area (Å²) in [7, 11) is -0.660. The van der Waals surface area contributed by atoms with Gasteiger partial charge in [0.15, 0.2) is 9.76 Å². The molecule has 1 fully saturated rings. The summed E-state index contributed by atoms with van der Waals surface area (Å²) < 4.78 is 6.28. The molecule has 2 rings (SSSR count). The molecular formula is C18H30N2O2Si. The highest BCUT2D eigenvalue weighted by Gasteiger charge is 2.37. The van der Waals surface area contributed by atoms with Crippen molar-refractivity contribution in [1.29, 1.82) is 0 Å².